The zero-order valence-corrected chi connectivity index (χ0v) is 12.2. The van der Waals surface area contributed by atoms with E-state index in [1.807, 2.05) is 13.8 Å². The van der Waals surface area contributed by atoms with Gasteiger partial charge in [0.05, 0.1) is 5.41 Å². The lowest BCUT2D eigenvalue weighted by Crippen LogP contribution is -2.51. The van der Waals surface area contributed by atoms with Crippen molar-refractivity contribution in [3.05, 3.63) is 0 Å². The summed E-state index contributed by atoms with van der Waals surface area (Å²) in [6, 6.07) is -0.785. The van der Waals surface area contributed by atoms with Crippen LogP contribution in [0.25, 0.3) is 0 Å². The highest BCUT2D eigenvalue weighted by Gasteiger charge is 2.42. The van der Waals surface area contributed by atoms with Gasteiger partial charge in [0.15, 0.2) is 0 Å². The summed E-state index contributed by atoms with van der Waals surface area (Å²) in [5.74, 6) is -1.11. The molecule has 3 N–H and O–H groups in total. The Morgan fingerprint density at radius 2 is 2.11 bits per heavy atom. The van der Waals surface area contributed by atoms with E-state index in [-0.39, 0.29) is 11.8 Å². The number of hydrogen-bond donors (Lipinski definition) is 3. The number of carboxylic acids is 1. The summed E-state index contributed by atoms with van der Waals surface area (Å²) in [6.45, 7) is 7.33. The number of carboxylic acid groups (broad SMARTS) is 1. The Kier molecular flexibility index (Phi) is 5.79. The molecule has 0 aliphatic carbocycles. The number of amides is 1. The van der Waals surface area contributed by atoms with Gasteiger partial charge in [0.25, 0.3) is 0 Å². The van der Waals surface area contributed by atoms with Crippen LogP contribution in [-0.4, -0.2) is 36.1 Å². The van der Waals surface area contributed by atoms with E-state index in [0.717, 1.165) is 32.2 Å². The van der Waals surface area contributed by atoms with Gasteiger partial charge in [-0.25, -0.2) is 4.79 Å². The van der Waals surface area contributed by atoms with Crippen LogP contribution < -0.4 is 10.6 Å². The Morgan fingerprint density at radius 3 is 2.53 bits per heavy atom. The predicted octanol–water partition coefficient (Wildman–Crippen LogP) is 1.38. The third kappa shape index (κ3) is 3.69. The van der Waals surface area contributed by atoms with Crippen molar-refractivity contribution >= 4 is 11.9 Å². The normalized spacial score (nSPS) is 25.8. The van der Waals surface area contributed by atoms with E-state index in [1.54, 1.807) is 0 Å². The molecular formula is C14H26N2O3. The Morgan fingerprint density at radius 1 is 1.42 bits per heavy atom. The molecule has 0 aromatic heterocycles. The van der Waals surface area contributed by atoms with Gasteiger partial charge in [-0.2, -0.15) is 0 Å². The highest BCUT2D eigenvalue weighted by molar-refractivity contribution is 5.88. The number of carbonyl (C=O) groups excluding carboxylic acids is 1. The number of aliphatic carboxylic acids is 1. The van der Waals surface area contributed by atoms with Gasteiger partial charge >= 0.3 is 5.97 Å². The molecule has 1 saturated heterocycles. The monoisotopic (exact) mass is 270 g/mol. The fourth-order valence-corrected chi connectivity index (χ4v) is 2.72. The molecule has 1 amide bonds. The number of nitrogens with one attached hydrogen (secondary N) is 2. The van der Waals surface area contributed by atoms with Gasteiger partial charge in [-0.1, -0.05) is 33.6 Å². The van der Waals surface area contributed by atoms with E-state index in [4.69, 9.17) is 0 Å². The van der Waals surface area contributed by atoms with Crippen molar-refractivity contribution in [3.63, 3.8) is 0 Å². The van der Waals surface area contributed by atoms with Gasteiger partial charge in [0.2, 0.25) is 5.91 Å². The third-order valence-corrected chi connectivity index (χ3v) is 4.22. The molecule has 0 saturated carbocycles. The standard InChI is InChI=1S/C14H26N2O3/c1-4-6-14(7-8-15-9-14)13(19)16-11(12(17)18)10(3)5-2/h10-11,15H,4-9H2,1-3H3,(H,16,19)(H,17,18)/t10?,11-,14?/m0/s1. The van der Waals surface area contributed by atoms with E-state index in [0.29, 0.717) is 6.54 Å². The van der Waals surface area contributed by atoms with Crippen LogP contribution in [0.1, 0.15) is 46.5 Å². The lowest BCUT2D eigenvalue weighted by atomic mass is 9.81. The van der Waals surface area contributed by atoms with Crippen molar-refractivity contribution in [2.45, 2.75) is 52.5 Å². The average molecular weight is 270 g/mol. The van der Waals surface area contributed by atoms with E-state index in [9.17, 15) is 14.7 Å². The fourth-order valence-electron chi connectivity index (χ4n) is 2.72. The minimum Gasteiger partial charge on any atom is -0.480 e. The smallest absolute Gasteiger partial charge is 0.326 e. The molecule has 110 valence electrons. The Hall–Kier alpha value is -1.10. The summed E-state index contributed by atoms with van der Waals surface area (Å²) in [6.07, 6.45) is 3.25. The van der Waals surface area contributed by atoms with E-state index >= 15 is 0 Å². The van der Waals surface area contributed by atoms with Crippen LogP contribution in [0.15, 0.2) is 0 Å². The average Bonchev–Trinajstić information content (AvgIpc) is 2.84. The minimum atomic E-state index is -0.944. The van der Waals surface area contributed by atoms with Crippen LogP contribution in [0, 0.1) is 11.3 Å². The second-order valence-electron chi connectivity index (χ2n) is 5.63. The van der Waals surface area contributed by atoms with Gasteiger partial charge in [-0.05, 0) is 25.3 Å². The summed E-state index contributed by atoms with van der Waals surface area (Å²) >= 11 is 0. The van der Waals surface area contributed by atoms with Crippen LogP contribution in [0.5, 0.6) is 0 Å². The molecule has 5 heteroatoms. The topological polar surface area (TPSA) is 78.4 Å². The molecule has 19 heavy (non-hydrogen) atoms. The Bertz CT molecular complexity index is 325. The van der Waals surface area contributed by atoms with Crippen LogP contribution >= 0.6 is 0 Å². The Balaban J connectivity index is 2.77. The molecule has 1 aliphatic heterocycles. The van der Waals surface area contributed by atoms with Crippen molar-refractivity contribution < 1.29 is 14.7 Å². The van der Waals surface area contributed by atoms with E-state index in [2.05, 4.69) is 17.6 Å². The highest BCUT2D eigenvalue weighted by Crippen LogP contribution is 2.31. The first-order valence-corrected chi connectivity index (χ1v) is 7.21. The van der Waals surface area contributed by atoms with Gasteiger partial charge in [-0.15, -0.1) is 0 Å². The first-order chi connectivity index (χ1) is 8.96. The summed E-state index contributed by atoms with van der Waals surface area (Å²) < 4.78 is 0. The first kappa shape index (κ1) is 16.0. The van der Waals surface area contributed by atoms with Crippen LogP contribution in [0.2, 0.25) is 0 Å². The van der Waals surface area contributed by atoms with Crippen LogP contribution in [0.3, 0.4) is 0 Å². The summed E-state index contributed by atoms with van der Waals surface area (Å²) in [5.41, 5.74) is -0.421. The largest absolute Gasteiger partial charge is 0.480 e. The van der Waals surface area contributed by atoms with E-state index in [1.165, 1.54) is 0 Å². The van der Waals surface area contributed by atoms with Crippen LogP contribution in [0.4, 0.5) is 0 Å². The van der Waals surface area contributed by atoms with Crippen molar-refractivity contribution in [3.8, 4) is 0 Å². The number of carbonyl (C=O) groups is 2. The molecular weight excluding hydrogens is 244 g/mol. The molecule has 5 nitrogen and oxygen atoms in total. The van der Waals surface area contributed by atoms with Gasteiger partial charge < -0.3 is 15.7 Å². The first-order valence-electron chi connectivity index (χ1n) is 7.21. The van der Waals surface area contributed by atoms with Gasteiger partial charge in [0, 0.05) is 6.54 Å². The minimum absolute atomic E-state index is 0.0607. The molecule has 1 heterocycles. The molecule has 3 atom stereocenters. The molecule has 1 rings (SSSR count). The maximum atomic E-state index is 12.5. The van der Waals surface area contributed by atoms with Crippen molar-refractivity contribution in [1.82, 2.24) is 10.6 Å². The maximum absolute atomic E-state index is 12.5. The summed E-state index contributed by atoms with van der Waals surface area (Å²) in [5, 5.41) is 15.2. The molecule has 0 bridgehead atoms. The van der Waals surface area contributed by atoms with Crippen LogP contribution in [-0.2, 0) is 9.59 Å². The Labute approximate surface area is 115 Å². The summed E-state index contributed by atoms with van der Waals surface area (Å²) in [7, 11) is 0. The second kappa shape index (κ2) is 6.89. The van der Waals surface area contributed by atoms with E-state index < -0.39 is 17.4 Å². The molecule has 0 aromatic rings. The van der Waals surface area contributed by atoms with Gasteiger partial charge in [-0.3, -0.25) is 4.79 Å². The molecule has 0 radical (unpaired) electrons. The number of hydrogen-bond acceptors (Lipinski definition) is 3. The zero-order chi connectivity index (χ0) is 14.5. The molecule has 0 aromatic carbocycles. The number of rotatable bonds is 7. The molecule has 2 unspecified atom stereocenters. The predicted molar refractivity (Wildman–Crippen MR) is 73.8 cm³/mol. The highest BCUT2D eigenvalue weighted by atomic mass is 16.4. The zero-order valence-electron chi connectivity index (χ0n) is 12.2. The second-order valence-corrected chi connectivity index (χ2v) is 5.63. The van der Waals surface area contributed by atoms with Crippen molar-refractivity contribution in [1.29, 1.82) is 0 Å². The molecule has 0 spiro atoms. The quantitative estimate of drug-likeness (QED) is 0.653. The summed E-state index contributed by atoms with van der Waals surface area (Å²) in [4.78, 5) is 23.8. The van der Waals surface area contributed by atoms with Crippen molar-refractivity contribution in [2.75, 3.05) is 13.1 Å². The SMILES string of the molecule is CCCC1(C(=O)N[C@H](C(=O)O)C(C)CC)CCNC1. The lowest BCUT2D eigenvalue weighted by molar-refractivity contribution is -0.145. The van der Waals surface area contributed by atoms with Crippen molar-refractivity contribution in [2.24, 2.45) is 11.3 Å². The third-order valence-electron chi connectivity index (χ3n) is 4.22. The maximum Gasteiger partial charge on any atom is 0.326 e. The lowest BCUT2D eigenvalue weighted by Gasteiger charge is -2.30. The fraction of sp³-hybridized carbons (Fsp3) is 0.857. The molecule has 1 fully saturated rings. The molecule has 1 aliphatic rings. The van der Waals surface area contributed by atoms with Gasteiger partial charge in [0.1, 0.15) is 6.04 Å².